The number of phenols is 1. The van der Waals surface area contributed by atoms with Crippen molar-refractivity contribution in [3.05, 3.63) is 53.6 Å². The molecule has 0 saturated carbocycles. The predicted molar refractivity (Wildman–Crippen MR) is 68.3 cm³/mol. The molecule has 0 aliphatic carbocycles. The van der Waals surface area contributed by atoms with Gasteiger partial charge in [-0.2, -0.15) is 0 Å². The Morgan fingerprint density at radius 3 is 2.65 bits per heavy atom. The fraction of sp³-hybridized carbons (Fsp3) is 0.143. The molecule has 2 aromatic carbocycles. The molecule has 0 fully saturated rings. The summed E-state index contributed by atoms with van der Waals surface area (Å²) >= 11 is 0. The number of methoxy groups -OCH3 is 1. The van der Waals surface area contributed by atoms with Crippen molar-refractivity contribution >= 4 is 5.69 Å². The summed E-state index contributed by atoms with van der Waals surface area (Å²) < 4.78 is 5.07. The SMILES string of the molecule is COc1cc(Cc2ccccc2N)ccc1O. The van der Waals surface area contributed by atoms with Crippen LogP contribution in [0.3, 0.4) is 0 Å². The summed E-state index contributed by atoms with van der Waals surface area (Å²) in [5.74, 6) is 0.634. The van der Waals surface area contributed by atoms with Gasteiger partial charge in [-0.05, 0) is 35.7 Å². The standard InChI is InChI=1S/C14H15NO2/c1-17-14-9-10(6-7-13(14)16)8-11-4-2-3-5-12(11)15/h2-7,9,16H,8,15H2,1H3. The van der Waals surface area contributed by atoms with Crippen molar-refractivity contribution in [3.8, 4) is 11.5 Å². The van der Waals surface area contributed by atoms with Crippen LogP contribution in [-0.2, 0) is 6.42 Å². The summed E-state index contributed by atoms with van der Waals surface area (Å²) in [5, 5.41) is 9.51. The topological polar surface area (TPSA) is 55.5 Å². The number of anilines is 1. The van der Waals surface area contributed by atoms with E-state index in [1.807, 2.05) is 36.4 Å². The van der Waals surface area contributed by atoms with Crippen molar-refractivity contribution < 1.29 is 9.84 Å². The Morgan fingerprint density at radius 2 is 1.94 bits per heavy atom. The van der Waals surface area contributed by atoms with Crippen molar-refractivity contribution in [3.63, 3.8) is 0 Å². The van der Waals surface area contributed by atoms with Crippen LogP contribution in [0.5, 0.6) is 11.5 Å². The molecule has 2 aromatic rings. The maximum Gasteiger partial charge on any atom is 0.160 e. The Hall–Kier alpha value is -2.16. The largest absolute Gasteiger partial charge is 0.504 e. The average molecular weight is 229 g/mol. The average Bonchev–Trinajstić information content (AvgIpc) is 2.34. The van der Waals surface area contributed by atoms with Gasteiger partial charge in [0.2, 0.25) is 0 Å². The lowest BCUT2D eigenvalue weighted by Crippen LogP contribution is -1.95. The van der Waals surface area contributed by atoms with Gasteiger partial charge in [0.05, 0.1) is 7.11 Å². The van der Waals surface area contributed by atoms with Gasteiger partial charge in [0, 0.05) is 5.69 Å². The van der Waals surface area contributed by atoms with E-state index in [0.717, 1.165) is 23.2 Å². The van der Waals surface area contributed by atoms with E-state index in [-0.39, 0.29) is 5.75 Å². The summed E-state index contributed by atoms with van der Waals surface area (Å²) in [7, 11) is 1.54. The van der Waals surface area contributed by atoms with E-state index < -0.39 is 0 Å². The Kier molecular flexibility index (Phi) is 3.19. The zero-order valence-electron chi connectivity index (χ0n) is 9.68. The van der Waals surface area contributed by atoms with E-state index in [1.54, 1.807) is 6.07 Å². The zero-order chi connectivity index (χ0) is 12.3. The molecule has 3 nitrogen and oxygen atoms in total. The molecule has 2 rings (SSSR count). The number of rotatable bonds is 3. The van der Waals surface area contributed by atoms with Gasteiger partial charge in [-0.3, -0.25) is 0 Å². The number of hydrogen-bond donors (Lipinski definition) is 2. The Balaban J connectivity index is 2.28. The van der Waals surface area contributed by atoms with E-state index in [2.05, 4.69) is 0 Å². The second-order valence-electron chi connectivity index (χ2n) is 3.88. The fourth-order valence-corrected chi connectivity index (χ4v) is 1.75. The quantitative estimate of drug-likeness (QED) is 0.795. The van der Waals surface area contributed by atoms with E-state index in [0.29, 0.717) is 5.75 Å². The maximum atomic E-state index is 9.51. The van der Waals surface area contributed by atoms with Gasteiger partial charge >= 0.3 is 0 Å². The van der Waals surface area contributed by atoms with E-state index >= 15 is 0 Å². The van der Waals surface area contributed by atoms with Crippen molar-refractivity contribution in [2.75, 3.05) is 12.8 Å². The summed E-state index contributed by atoms with van der Waals surface area (Å²) in [6.07, 6.45) is 0.726. The monoisotopic (exact) mass is 229 g/mol. The molecular formula is C14H15NO2. The molecule has 0 aromatic heterocycles. The minimum absolute atomic E-state index is 0.150. The molecule has 0 unspecified atom stereocenters. The molecule has 0 heterocycles. The van der Waals surface area contributed by atoms with Crippen molar-refractivity contribution in [2.45, 2.75) is 6.42 Å². The number of aromatic hydroxyl groups is 1. The highest BCUT2D eigenvalue weighted by molar-refractivity contribution is 5.50. The normalized spacial score (nSPS) is 10.2. The molecule has 0 atom stereocenters. The number of hydrogen-bond acceptors (Lipinski definition) is 3. The van der Waals surface area contributed by atoms with Crippen LogP contribution in [-0.4, -0.2) is 12.2 Å². The van der Waals surface area contributed by atoms with Crippen LogP contribution in [0, 0.1) is 0 Å². The molecule has 88 valence electrons. The van der Waals surface area contributed by atoms with Crippen LogP contribution in [0.2, 0.25) is 0 Å². The Labute approximate surface area is 100 Å². The maximum absolute atomic E-state index is 9.51. The summed E-state index contributed by atoms with van der Waals surface area (Å²) in [5.41, 5.74) is 8.79. The summed E-state index contributed by atoms with van der Waals surface area (Å²) in [6.45, 7) is 0. The van der Waals surface area contributed by atoms with E-state index in [9.17, 15) is 5.11 Å². The third-order valence-electron chi connectivity index (χ3n) is 2.69. The van der Waals surface area contributed by atoms with Crippen LogP contribution in [0.15, 0.2) is 42.5 Å². The van der Waals surface area contributed by atoms with Gasteiger partial charge < -0.3 is 15.6 Å². The first-order chi connectivity index (χ1) is 8.20. The minimum Gasteiger partial charge on any atom is -0.504 e. The van der Waals surface area contributed by atoms with Crippen molar-refractivity contribution in [1.29, 1.82) is 0 Å². The third-order valence-corrected chi connectivity index (χ3v) is 2.69. The first-order valence-electron chi connectivity index (χ1n) is 5.40. The molecule has 0 spiro atoms. The molecule has 3 heteroatoms. The van der Waals surface area contributed by atoms with Crippen LogP contribution in [0.25, 0.3) is 0 Å². The van der Waals surface area contributed by atoms with Crippen molar-refractivity contribution in [2.24, 2.45) is 0 Å². The molecule has 0 radical (unpaired) electrons. The van der Waals surface area contributed by atoms with Gasteiger partial charge in [0.25, 0.3) is 0 Å². The third kappa shape index (κ3) is 2.50. The van der Waals surface area contributed by atoms with Gasteiger partial charge in [-0.1, -0.05) is 24.3 Å². The number of nitrogens with two attached hydrogens (primary N) is 1. The first-order valence-corrected chi connectivity index (χ1v) is 5.40. The van der Waals surface area contributed by atoms with Crippen LogP contribution >= 0.6 is 0 Å². The number of benzene rings is 2. The van der Waals surface area contributed by atoms with Crippen molar-refractivity contribution in [1.82, 2.24) is 0 Å². The highest BCUT2D eigenvalue weighted by Gasteiger charge is 2.04. The molecule has 0 saturated heterocycles. The highest BCUT2D eigenvalue weighted by Crippen LogP contribution is 2.27. The number of nitrogen functional groups attached to an aromatic ring is 1. The smallest absolute Gasteiger partial charge is 0.160 e. The fourth-order valence-electron chi connectivity index (χ4n) is 1.75. The Morgan fingerprint density at radius 1 is 1.18 bits per heavy atom. The molecule has 0 aliphatic rings. The highest BCUT2D eigenvalue weighted by atomic mass is 16.5. The van der Waals surface area contributed by atoms with Gasteiger partial charge in [0.1, 0.15) is 0 Å². The lowest BCUT2D eigenvalue weighted by Gasteiger charge is -2.08. The van der Waals surface area contributed by atoms with Crippen LogP contribution < -0.4 is 10.5 Å². The zero-order valence-corrected chi connectivity index (χ0v) is 9.68. The lowest BCUT2D eigenvalue weighted by molar-refractivity contribution is 0.373. The number of para-hydroxylation sites is 1. The molecule has 17 heavy (non-hydrogen) atoms. The number of ether oxygens (including phenoxy) is 1. The lowest BCUT2D eigenvalue weighted by atomic mass is 10.0. The van der Waals surface area contributed by atoms with E-state index in [1.165, 1.54) is 7.11 Å². The molecule has 3 N–H and O–H groups in total. The van der Waals surface area contributed by atoms with Gasteiger partial charge in [0.15, 0.2) is 11.5 Å². The van der Waals surface area contributed by atoms with Crippen LogP contribution in [0.1, 0.15) is 11.1 Å². The summed E-state index contributed by atoms with van der Waals surface area (Å²) in [4.78, 5) is 0. The van der Waals surface area contributed by atoms with E-state index in [4.69, 9.17) is 10.5 Å². The Bertz CT molecular complexity index is 523. The van der Waals surface area contributed by atoms with Gasteiger partial charge in [-0.15, -0.1) is 0 Å². The van der Waals surface area contributed by atoms with Crippen LogP contribution in [0.4, 0.5) is 5.69 Å². The number of phenolic OH excluding ortho intramolecular Hbond substituents is 1. The predicted octanol–water partition coefficient (Wildman–Crippen LogP) is 2.57. The summed E-state index contributed by atoms with van der Waals surface area (Å²) in [6, 6.07) is 13.1. The molecule has 0 amide bonds. The van der Waals surface area contributed by atoms with Gasteiger partial charge in [-0.25, -0.2) is 0 Å². The molecule has 0 aliphatic heterocycles. The second-order valence-corrected chi connectivity index (χ2v) is 3.88. The molecular weight excluding hydrogens is 214 g/mol. The minimum atomic E-state index is 0.150. The first kappa shape index (κ1) is 11.3. The second kappa shape index (κ2) is 4.78. The molecule has 0 bridgehead atoms.